The van der Waals surface area contributed by atoms with Crippen LogP contribution in [0.5, 0.6) is 5.75 Å². The molecule has 25 heavy (non-hydrogen) atoms. The second-order valence-electron chi connectivity index (χ2n) is 5.96. The molecular formula is C21H19NO3. The van der Waals surface area contributed by atoms with Gasteiger partial charge in [-0.05, 0) is 41.5 Å². The number of rotatable bonds is 6. The van der Waals surface area contributed by atoms with Crippen LogP contribution in [-0.4, -0.2) is 0 Å². The average Bonchev–Trinajstić information content (AvgIpc) is 3.31. The summed E-state index contributed by atoms with van der Waals surface area (Å²) in [5.41, 5.74) is 7.51. The highest BCUT2D eigenvalue weighted by Gasteiger charge is 2.24. The van der Waals surface area contributed by atoms with Crippen molar-refractivity contribution < 1.29 is 13.7 Å². The van der Waals surface area contributed by atoms with Gasteiger partial charge in [-0.25, -0.2) is 5.48 Å². The molecule has 126 valence electrons. The van der Waals surface area contributed by atoms with Crippen molar-refractivity contribution in [1.29, 1.82) is 0 Å². The average molecular weight is 333 g/mol. The molecule has 0 saturated heterocycles. The first kappa shape index (κ1) is 15.4. The lowest BCUT2D eigenvalue weighted by Gasteiger charge is -2.26. The Labute approximate surface area is 146 Å². The maximum Gasteiger partial charge on any atom is 0.162 e. The van der Waals surface area contributed by atoms with Crippen molar-refractivity contribution in [3.63, 3.8) is 0 Å². The first-order chi connectivity index (χ1) is 12.3. The Morgan fingerprint density at radius 2 is 1.68 bits per heavy atom. The highest BCUT2D eigenvalue weighted by atomic mass is 16.6. The fourth-order valence-electron chi connectivity index (χ4n) is 3.17. The van der Waals surface area contributed by atoms with Crippen molar-refractivity contribution in [1.82, 2.24) is 5.48 Å². The molecule has 4 nitrogen and oxygen atoms in total. The van der Waals surface area contributed by atoms with Gasteiger partial charge in [0.2, 0.25) is 0 Å². The van der Waals surface area contributed by atoms with E-state index in [0.717, 1.165) is 34.1 Å². The Morgan fingerprint density at radius 1 is 0.920 bits per heavy atom. The topological polar surface area (TPSA) is 47.5 Å². The molecule has 0 amide bonds. The molecule has 3 heterocycles. The number of hydrogen-bond acceptors (Lipinski definition) is 4. The van der Waals surface area contributed by atoms with Gasteiger partial charge >= 0.3 is 0 Å². The molecule has 4 rings (SSSR count). The molecule has 4 heteroatoms. The van der Waals surface area contributed by atoms with Crippen LogP contribution in [-0.2, 0) is 12.8 Å². The number of nitrogens with one attached hydrogen (secondary N) is 1. The second kappa shape index (κ2) is 6.77. The lowest BCUT2D eigenvalue weighted by atomic mass is 9.90. The van der Waals surface area contributed by atoms with Crippen LogP contribution in [0.3, 0.4) is 0 Å². The summed E-state index contributed by atoms with van der Waals surface area (Å²) in [6.45, 7) is 3.86. The molecule has 1 aromatic carbocycles. The predicted molar refractivity (Wildman–Crippen MR) is 95.9 cm³/mol. The van der Waals surface area contributed by atoms with E-state index in [9.17, 15) is 0 Å². The Bertz CT molecular complexity index is 889. The molecule has 1 N–H and O–H groups in total. The third-order valence-corrected chi connectivity index (χ3v) is 4.29. The van der Waals surface area contributed by atoms with Crippen LogP contribution in [0.1, 0.15) is 29.1 Å². The minimum absolute atomic E-state index is 0.689. The molecule has 2 aromatic heterocycles. The van der Waals surface area contributed by atoms with E-state index in [1.165, 1.54) is 5.57 Å². The summed E-state index contributed by atoms with van der Waals surface area (Å²) < 4.78 is 11.1. The first-order valence-electron chi connectivity index (χ1n) is 8.28. The number of allylic oxidation sites excluding steroid dienone is 2. The van der Waals surface area contributed by atoms with Crippen LogP contribution in [0.15, 0.2) is 82.2 Å². The summed E-state index contributed by atoms with van der Waals surface area (Å²) in [5, 5.41) is 0. The summed E-state index contributed by atoms with van der Waals surface area (Å²) in [7, 11) is 0. The molecule has 1 aliphatic rings. The van der Waals surface area contributed by atoms with E-state index in [2.05, 4.69) is 18.1 Å². The minimum Gasteiger partial charge on any atom is -0.469 e. The first-order valence-corrected chi connectivity index (χ1v) is 8.28. The molecule has 0 unspecified atom stereocenters. The van der Waals surface area contributed by atoms with Crippen LogP contribution in [0.4, 0.5) is 0 Å². The number of fused-ring (bicyclic) bond motifs is 1. The zero-order chi connectivity index (χ0) is 17.1. The smallest absolute Gasteiger partial charge is 0.162 e. The van der Waals surface area contributed by atoms with E-state index in [1.807, 2.05) is 42.5 Å². The standard InChI is InChI=1S/C21H19NO3/c1-2-6-19-18(14-17-9-5-12-24-17)21-15(13-16-8-4-11-23-16)7-3-10-20(21)25-22-19/h2-5,7-12,22H,1,6,13-14H2. The highest BCUT2D eigenvalue weighted by molar-refractivity contribution is 5.78. The van der Waals surface area contributed by atoms with Crippen LogP contribution in [0, 0.1) is 0 Å². The lowest BCUT2D eigenvalue weighted by Crippen LogP contribution is -2.25. The van der Waals surface area contributed by atoms with Gasteiger partial charge in [0.15, 0.2) is 5.75 Å². The summed E-state index contributed by atoms with van der Waals surface area (Å²) in [6, 6.07) is 13.9. The summed E-state index contributed by atoms with van der Waals surface area (Å²) >= 11 is 0. The molecule has 1 aliphatic heterocycles. The third kappa shape index (κ3) is 3.11. The molecule has 0 saturated carbocycles. The number of benzene rings is 1. The second-order valence-corrected chi connectivity index (χ2v) is 5.96. The quantitative estimate of drug-likeness (QED) is 0.652. The molecule has 0 atom stereocenters. The Hall–Kier alpha value is -3.14. The molecule has 0 aliphatic carbocycles. The highest BCUT2D eigenvalue weighted by Crippen LogP contribution is 2.38. The number of furan rings is 2. The van der Waals surface area contributed by atoms with E-state index in [0.29, 0.717) is 19.3 Å². The normalized spacial score (nSPS) is 13.1. The Morgan fingerprint density at radius 3 is 2.36 bits per heavy atom. The van der Waals surface area contributed by atoms with E-state index < -0.39 is 0 Å². The van der Waals surface area contributed by atoms with Crippen molar-refractivity contribution in [2.75, 3.05) is 0 Å². The Balaban J connectivity index is 1.80. The number of hydroxylamine groups is 1. The van der Waals surface area contributed by atoms with Crippen molar-refractivity contribution in [3.05, 3.63) is 96.0 Å². The van der Waals surface area contributed by atoms with Gasteiger partial charge in [0.25, 0.3) is 0 Å². The van der Waals surface area contributed by atoms with Gasteiger partial charge in [0.1, 0.15) is 11.5 Å². The molecule has 0 fully saturated rings. The summed E-state index contributed by atoms with van der Waals surface area (Å²) in [6.07, 6.45) is 7.37. The van der Waals surface area contributed by atoms with Gasteiger partial charge in [-0.3, -0.25) is 0 Å². The molecular weight excluding hydrogens is 314 g/mol. The molecule has 0 bridgehead atoms. The van der Waals surface area contributed by atoms with Crippen molar-refractivity contribution in [3.8, 4) is 5.75 Å². The van der Waals surface area contributed by atoms with Crippen LogP contribution < -0.4 is 10.3 Å². The fourth-order valence-corrected chi connectivity index (χ4v) is 3.17. The largest absolute Gasteiger partial charge is 0.469 e. The summed E-state index contributed by atoms with van der Waals surface area (Å²) in [4.78, 5) is 5.78. The fraction of sp³-hybridized carbons (Fsp3) is 0.143. The van der Waals surface area contributed by atoms with E-state index >= 15 is 0 Å². The van der Waals surface area contributed by atoms with Gasteiger partial charge in [-0.2, -0.15) is 0 Å². The predicted octanol–water partition coefficient (Wildman–Crippen LogP) is 4.89. The number of hydrogen-bond donors (Lipinski definition) is 1. The zero-order valence-electron chi connectivity index (χ0n) is 13.8. The van der Waals surface area contributed by atoms with Crippen molar-refractivity contribution in [2.45, 2.75) is 19.3 Å². The third-order valence-electron chi connectivity index (χ3n) is 4.29. The van der Waals surface area contributed by atoms with Gasteiger partial charge in [0, 0.05) is 24.8 Å². The molecule has 0 radical (unpaired) electrons. The van der Waals surface area contributed by atoms with Crippen molar-refractivity contribution >= 4 is 5.57 Å². The maximum absolute atomic E-state index is 5.78. The van der Waals surface area contributed by atoms with Crippen molar-refractivity contribution in [2.24, 2.45) is 0 Å². The summed E-state index contributed by atoms with van der Waals surface area (Å²) in [5.74, 6) is 2.66. The monoisotopic (exact) mass is 333 g/mol. The Kier molecular flexibility index (Phi) is 4.17. The lowest BCUT2D eigenvalue weighted by molar-refractivity contribution is 0.220. The van der Waals surface area contributed by atoms with Gasteiger partial charge in [0.05, 0.1) is 18.2 Å². The van der Waals surface area contributed by atoms with Crippen LogP contribution in [0.25, 0.3) is 5.57 Å². The van der Waals surface area contributed by atoms with Gasteiger partial charge in [-0.15, -0.1) is 6.58 Å². The molecule has 3 aromatic rings. The van der Waals surface area contributed by atoms with Crippen LogP contribution >= 0.6 is 0 Å². The van der Waals surface area contributed by atoms with E-state index in [1.54, 1.807) is 12.5 Å². The van der Waals surface area contributed by atoms with Gasteiger partial charge < -0.3 is 13.7 Å². The van der Waals surface area contributed by atoms with Crippen LogP contribution in [0.2, 0.25) is 0 Å². The SMILES string of the molecule is C=CCC1=C(Cc2ccco2)c2c(Cc3ccco3)cccc2ON1. The maximum atomic E-state index is 5.78. The molecule has 0 spiro atoms. The minimum atomic E-state index is 0.689. The van der Waals surface area contributed by atoms with E-state index in [4.69, 9.17) is 13.7 Å². The van der Waals surface area contributed by atoms with Gasteiger partial charge in [-0.1, -0.05) is 18.2 Å². The zero-order valence-corrected chi connectivity index (χ0v) is 13.8. The van der Waals surface area contributed by atoms with E-state index in [-0.39, 0.29) is 0 Å².